The molecule has 0 bridgehead atoms. The maximum atomic E-state index is 13.2. The summed E-state index contributed by atoms with van der Waals surface area (Å²) in [5, 5.41) is 14.6. The fourth-order valence-corrected chi connectivity index (χ4v) is 5.71. The average Bonchev–Trinajstić information content (AvgIpc) is 3.15. The van der Waals surface area contributed by atoms with Crippen LogP contribution in [0.5, 0.6) is 5.75 Å². The molecule has 0 aliphatic carbocycles. The highest BCUT2D eigenvalue weighted by atomic mass is 16.5. The van der Waals surface area contributed by atoms with Crippen molar-refractivity contribution in [2.45, 2.75) is 37.6 Å². The number of amides is 3. The Balaban J connectivity index is 1.83. The lowest BCUT2D eigenvalue weighted by Crippen LogP contribution is -2.58. The number of aliphatic hydroxyl groups excluding tert-OH is 1. The second-order valence-corrected chi connectivity index (χ2v) is 9.35. The van der Waals surface area contributed by atoms with Crippen molar-refractivity contribution < 1.29 is 24.2 Å². The molecule has 186 valence electrons. The Morgan fingerprint density at radius 1 is 1.24 bits per heavy atom. The number of rotatable bonds is 6. The van der Waals surface area contributed by atoms with Gasteiger partial charge in [0.05, 0.1) is 25.3 Å². The van der Waals surface area contributed by atoms with Crippen LogP contribution in [0.2, 0.25) is 0 Å². The number of carbonyl (C=O) groups is 2. The van der Waals surface area contributed by atoms with Gasteiger partial charge in [0.15, 0.2) is 0 Å². The maximum absolute atomic E-state index is 13.2. The largest absolute Gasteiger partial charge is 0.497 e. The van der Waals surface area contributed by atoms with Gasteiger partial charge >= 0.3 is 6.03 Å². The van der Waals surface area contributed by atoms with E-state index in [-0.39, 0.29) is 30.6 Å². The molecule has 9 nitrogen and oxygen atoms in total. The number of hydrogen-bond acceptors (Lipinski definition) is 5. The lowest BCUT2D eigenvalue weighted by Gasteiger charge is -2.50. The third-order valence-corrected chi connectivity index (χ3v) is 7.45. The van der Waals surface area contributed by atoms with Crippen LogP contribution in [-0.2, 0) is 22.0 Å². The standard InChI is InChI=1S/C25H36N4O5/c1-5-10-26-24(32)29-16-25(8-11-28(12-9-25)21(31)15-33-3)22-18-7-6-17(34-4)13-19(18)27(2)23(22)20(29)14-30/h6-7,13,20,30H,5,8-12,14-16H2,1-4H3,(H,26,32)/t20-/m0/s1. The van der Waals surface area contributed by atoms with Gasteiger partial charge in [0.1, 0.15) is 12.4 Å². The molecule has 3 amide bonds. The second kappa shape index (κ2) is 9.84. The van der Waals surface area contributed by atoms with E-state index in [2.05, 4.69) is 16.0 Å². The predicted molar refractivity (Wildman–Crippen MR) is 129 cm³/mol. The Morgan fingerprint density at radius 3 is 2.59 bits per heavy atom. The van der Waals surface area contributed by atoms with Gasteiger partial charge < -0.3 is 34.3 Å². The van der Waals surface area contributed by atoms with E-state index in [0.717, 1.165) is 41.6 Å². The number of nitrogens with zero attached hydrogens (tertiary/aromatic N) is 3. The fourth-order valence-electron chi connectivity index (χ4n) is 5.71. The van der Waals surface area contributed by atoms with E-state index >= 15 is 0 Å². The van der Waals surface area contributed by atoms with E-state index in [0.29, 0.717) is 26.2 Å². The minimum atomic E-state index is -0.450. The van der Waals surface area contributed by atoms with Gasteiger partial charge in [0.25, 0.3) is 0 Å². The van der Waals surface area contributed by atoms with Gasteiger partial charge in [-0.05, 0) is 37.0 Å². The zero-order valence-electron chi connectivity index (χ0n) is 20.6. The van der Waals surface area contributed by atoms with Gasteiger partial charge in [-0.3, -0.25) is 4.79 Å². The third-order valence-electron chi connectivity index (χ3n) is 7.45. The molecule has 1 atom stereocenters. The molecule has 1 spiro atoms. The molecule has 1 saturated heterocycles. The number of aliphatic hydroxyl groups is 1. The van der Waals surface area contributed by atoms with E-state index in [4.69, 9.17) is 9.47 Å². The predicted octanol–water partition coefficient (Wildman–Crippen LogP) is 2.16. The lowest BCUT2D eigenvalue weighted by atomic mass is 9.68. The normalized spacial score (nSPS) is 19.4. The first-order valence-electron chi connectivity index (χ1n) is 12.0. The molecule has 2 aromatic rings. The first-order valence-corrected chi connectivity index (χ1v) is 12.0. The first-order chi connectivity index (χ1) is 16.4. The van der Waals surface area contributed by atoms with Gasteiger partial charge in [0.2, 0.25) is 5.91 Å². The molecule has 1 fully saturated rings. The summed E-state index contributed by atoms with van der Waals surface area (Å²) in [6, 6.07) is 5.44. The number of likely N-dealkylation sites (tertiary alicyclic amines) is 1. The topological polar surface area (TPSA) is 96.3 Å². The van der Waals surface area contributed by atoms with Gasteiger partial charge in [-0.1, -0.05) is 6.92 Å². The highest BCUT2D eigenvalue weighted by Crippen LogP contribution is 2.50. The SMILES string of the molecule is CCCNC(=O)N1CC2(CCN(C(=O)COC)CC2)c2c(n(C)c3cc(OC)ccc23)[C@@H]1CO. The van der Waals surface area contributed by atoms with Crippen LogP contribution < -0.4 is 10.1 Å². The number of hydrogen-bond donors (Lipinski definition) is 2. The van der Waals surface area contributed by atoms with E-state index in [1.807, 2.05) is 31.0 Å². The number of urea groups is 1. The molecule has 1 aromatic heterocycles. The van der Waals surface area contributed by atoms with Crippen molar-refractivity contribution in [3.8, 4) is 5.75 Å². The van der Waals surface area contributed by atoms with Crippen LogP contribution in [0.1, 0.15) is 43.5 Å². The summed E-state index contributed by atoms with van der Waals surface area (Å²) in [4.78, 5) is 29.3. The van der Waals surface area contributed by atoms with Crippen molar-refractivity contribution in [3.63, 3.8) is 0 Å². The highest BCUT2D eigenvalue weighted by Gasteiger charge is 2.49. The summed E-state index contributed by atoms with van der Waals surface area (Å²) in [7, 11) is 5.17. The molecule has 2 aliphatic rings. The summed E-state index contributed by atoms with van der Waals surface area (Å²) in [5.74, 6) is 0.749. The number of piperidine rings is 1. The zero-order valence-corrected chi connectivity index (χ0v) is 20.6. The number of methoxy groups -OCH3 is 2. The molecule has 0 saturated carbocycles. The van der Waals surface area contributed by atoms with Gasteiger partial charge in [0, 0.05) is 62.9 Å². The highest BCUT2D eigenvalue weighted by molar-refractivity contribution is 5.89. The molecule has 1 aromatic carbocycles. The Labute approximate surface area is 200 Å². The van der Waals surface area contributed by atoms with E-state index in [1.54, 1.807) is 12.0 Å². The number of benzene rings is 1. The third kappa shape index (κ3) is 4.01. The molecule has 9 heteroatoms. The summed E-state index contributed by atoms with van der Waals surface area (Å²) < 4.78 is 12.6. The summed E-state index contributed by atoms with van der Waals surface area (Å²) in [6.07, 6.45) is 2.30. The number of ether oxygens (including phenoxy) is 2. The van der Waals surface area contributed by atoms with Crippen molar-refractivity contribution in [1.82, 2.24) is 19.7 Å². The van der Waals surface area contributed by atoms with Gasteiger partial charge in [-0.2, -0.15) is 0 Å². The number of carbonyl (C=O) groups excluding carboxylic acids is 2. The fraction of sp³-hybridized carbons (Fsp3) is 0.600. The molecule has 4 rings (SSSR count). The number of aryl methyl sites for hydroxylation is 1. The monoisotopic (exact) mass is 472 g/mol. The number of nitrogens with one attached hydrogen (secondary N) is 1. The molecule has 0 radical (unpaired) electrons. The minimum Gasteiger partial charge on any atom is -0.497 e. The van der Waals surface area contributed by atoms with Crippen LogP contribution in [0.15, 0.2) is 18.2 Å². The molecule has 2 N–H and O–H groups in total. The van der Waals surface area contributed by atoms with Gasteiger partial charge in [-0.15, -0.1) is 0 Å². The van der Waals surface area contributed by atoms with Crippen molar-refractivity contribution in [2.24, 2.45) is 7.05 Å². The number of fused-ring (bicyclic) bond motifs is 4. The van der Waals surface area contributed by atoms with Gasteiger partial charge in [-0.25, -0.2) is 4.79 Å². The molecular weight excluding hydrogens is 436 g/mol. The molecule has 2 aliphatic heterocycles. The smallest absolute Gasteiger partial charge is 0.318 e. The molecule has 3 heterocycles. The van der Waals surface area contributed by atoms with Crippen LogP contribution in [0, 0.1) is 0 Å². The Bertz CT molecular complexity index is 1060. The van der Waals surface area contributed by atoms with Crippen LogP contribution in [-0.4, -0.2) is 85.0 Å². The second-order valence-electron chi connectivity index (χ2n) is 9.35. The maximum Gasteiger partial charge on any atom is 0.318 e. The Hall–Kier alpha value is -2.78. The van der Waals surface area contributed by atoms with E-state index in [1.165, 1.54) is 12.7 Å². The van der Waals surface area contributed by atoms with Crippen molar-refractivity contribution in [3.05, 3.63) is 29.5 Å². The van der Waals surface area contributed by atoms with Crippen LogP contribution in [0.3, 0.4) is 0 Å². The zero-order chi connectivity index (χ0) is 24.5. The lowest BCUT2D eigenvalue weighted by molar-refractivity contribution is -0.137. The Kier molecular flexibility index (Phi) is 7.04. The minimum absolute atomic E-state index is 0.0122. The molecule has 34 heavy (non-hydrogen) atoms. The quantitative estimate of drug-likeness (QED) is 0.672. The van der Waals surface area contributed by atoms with E-state index in [9.17, 15) is 14.7 Å². The van der Waals surface area contributed by atoms with E-state index < -0.39 is 6.04 Å². The van der Waals surface area contributed by atoms with Crippen molar-refractivity contribution in [2.75, 3.05) is 53.6 Å². The molecule has 0 unspecified atom stereocenters. The number of aromatic nitrogens is 1. The van der Waals surface area contributed by atoms with Crippen LogP contribution in [0.25, 0.3) is 10.9 Å². The first kappa shape index (κ1) is 24.3. The average molecular weight is 473 g/mol. The summed E-state index contributed by atoms with van der Waals surface area (Å²) >= 11 is 0. The van der Waals surface area contributed by atoms with Crippen molar-refractivity contribution >= 4 is 22.8 Å². The van der Waals surface area contributed by atoms with Crippen LogP contribution in [0.4, 0.5) is 4.79 Å². The van der Waals surface area contributed by atoms with Crippen LogP contribution >= 0.6 is 0 Å². The van der Waals surface area contributed by atoms with Crippen molar-refractivity contribution in [1.29, 1.82) is 0 Å². The summed E-state index contributed by atoms with van der Waals surface area (Å²) in [6.45, 7) is 4.21. The Morgan fingerprint density at radius 2 is 1.97 bits per heavy atom. The summed E-state index contributed by atoms with van der Waals surface area (Å²) in [5.41, 5.74) is 2.84. The molecular formula is C25H36N4O5.